The van der Waals surface area contributed by atoms with Gasteiger partial charge in [-0.05, 0) is 85.7 Å². The maximum Gasteiger partial charge on any atom is 0.136 e. The number of hydrogen-bond acceptors (Lipinski definition) is 2. The Labute approximate surface area is 185 Å². The molecule has 3 nitrogen and oxygen atoms in total. The van der Waals surface area contributed by atoms with Gasteiger partial charge in [-0.2, -0.15) is 0 Å². The zero-order chi connectivity index (χ0) is 21.6. The maximum absolute atomic E-state index is 6.28. The van der Waals surface area contributed by atoms with Crippen molar-refractivity contribution in [2.24, 2.45) is 5.73 Å². The van der Waals surface area contributed by atoms with Crippen molar-refractivity contribution in [3.63, 3.8) is 0 Å². The normalized spacial score (nSPS) is 12.2. The van der Waals surface area contributed by atoms with E-state index in [1.54, 1.807) is 0 Å². The fourth-order valence-electron chi connectivity index (χ4n) is 4.12. The van der Waals surface area contributed by atoms with E-state index in [2.05, 4.69) is 49.2 Å². The lowest BCUT2D eigenvalue weighted by Crippen LogP contribution is -1.99. The molecule has 0 fully saturated rings. The lowest BCUT2D eigenvalue weighted by Gasteiger charge is -2.12. The van der Waals surface area contributed by atoms with Crippen molar-refractivity contribution in [1.82, 2.24) is 4.98 Å². The first kappa shape index (κ1) is 21.2. The van der Waals surface area contributed by atoms with Gasteiger partial charge in [0.05, 0.1) is 5.69 Å². The molecule has 0 amide bonds. The number of nitrogens with two attached hydrogens (primary N) is 1. The monoisotopic (exact) mass is 412 g/mol. The summed E-state index contributed by atoms with van der Waals surface area (Å²) < 4.78 is 6.28. The molecule has 0 aliphatic rings. The van der Waals surface area contributed by atoms with Gasteiger partial charge in [-0.15, -0.1) is 0 Å². The summed E-state index contributed by atoms with van der Waals surface area (Å²) in [5, 5.41) is 1.32. The van der Waals surface area contributed by atoms with Crippen LogP contribution in [0.3, 0.4) is 0 Å². The Hall–Kier alpha value is -3.04. The number of aromatic amines is 1. The summed E-state index contributed by atoms with van der Waals surface area (Å²) in [6.07, 6.45) is 4.24. The zero-order valence-electron chi connectivity index (χ0n) is 18.5. The number of benzene rings is 3. The number of para-hydroxylation sites is 2. The molecular formula is C28H32N2O. The number of H-pyrrole nitrogens is 1. The molecule has 0 bridgehead atoms. The number of aromatic nitrogens is 1. The number of ether oxygens (including phenoxy) is 1. The molecule has 1 heterocycles. The summed E-state index contributed by atoms with van der Waals surface area (Å²) in [5.41, 5.74) is 12.0. The molecule has 1 unspecified atom stereocenters. The Kier molecular flexibility index (Phi) is 6.73. The van der Waals surface area contributed by atoms with E-state index >= 15 is 0 Å². The third kappa shape index (κ3) is 4.67. The SMILES string of the molecule is CCC(C)c1ccc2[nH]c(-c3ccccc3Oc3ccccc3)c(CCCCN)c2c1. The average Bonchev–Trinajstić information content (AvgIpc) is 3.17. The molecule has 3 N–H and O–H groups in total. The Morgan fingerprint density at radius 1 is 0.935 bits per heavy atom. The molecule has 0 radical (unpaired) electrons. The molecule has 1 aromatic heterocycles. The molecule has 0 aliphatic carbocycles. The first-order valence-electron chi connectivity index (χ1n) is 11.4. The van der Waals surface area contributed by atoms with E-state index < -0.39 is 0 Å². The molecule has 0 spiro atoms. The van der Waals surface area contributed by atoms with Crippen molar-refractivity contribution >= 4 is 10.9 Å². The summed E-state index contributed by atoms with van der Waals surface area (Å²) in [6, 6.07) is 25.1. The molecule has 0 aliphatic heterocycles. The Balaban J connectivity index is 1.82. The van der Waals surface area contributed by atoms with Crippen LogP contribution in [0.1, 0.15) is 50.2 Å². The second kappa shape index (κ2) is 9.84. The largest absolute Gasteiger partial charge is 0.457 e. The lowest BCUT2D eigenvalue weighted by atomic mass is 9.94. The molecule has 0 saturated carbocycles. The van der Waals surface area contributed by atoms with Gasteiger partial charge in [0, 0.05) is 16.5 Å². The highest BCUT2D eigenvalue weighted by Gasteiger charge is 2.18. The summed E-state index contributed by atoms with van der Waals surface area (Å²) in [5.74, 6) is 2.26. The summed E-state index contributed by atoms with van der Waals surface area (Å²) in [4.78, 5) is 3.71. The Morgan fingerprint density at radius 3 is 2.48 bits per heavy atom. The molecule has 31 heavy (non-hydrogen) atoms. The van der Waals surface area contributed by atoms with Crippen molar-refractivity contribution in [2.75, 3.05) is 6.54 Å². The van der Waals surface area contributed by atoms with Crippen molar-refractivity contribution in [3.8, 4) is 22.8 Å². The minimum absolute atomic E-state index is 0.549. The average molecular weight is 413 g/mol. The highest BCUT2D eigenvalue weighted by Crippen LogP contribution is 2.39. The number of fused-ring (bicyclic) bond motifs is 1. The zero-order valence-corrected chi connectivity index (χ0v) is 18.5. The standard InChI is InChI=1S/C28H32N2O/c1-3-20(2)21-16-17-26-25(19-21)23(13-9-10-18-29)28(30-26)24-14-7-8-15-27(24)31-22-11-5-4-6-12-22/h4-8,11-12,14-17,19-20,30H,3,9-10,13,18,29H2,1-2H3. The summed E-state index contributed by atoms with van der Waals surface area (Å²) in [6.45, 7) is 5.27. The molecule has 160 valence electrons. The van der Waals surface area contributed by atoms with Crippen LogP contribution in [0.15, 0.2) is 72.8 Å². The van der Waals surface area contributed by atoms with Crippen LogP contribution in [0.4, 0.5) is 0 Å². The lowest BCUT2D eigenvalue weighted by molar-refractivity contribution is 0.484. The van der Waals surface area contributed by atoms with E-state index in [9.17, 15) is 0 Å². The Bertz CT molecular complexity index is 1130. The van der Waals surface area contributed by atoms with E-state index in [-0.39, 0.29) is 0 Å². The van der Waals surface area contributed by atoms with Crippen molar-refractivity contribution in [3.05, 3.63) is 83.9 Å². The van der Waals surface area contributed by atoms with Crippen LogP contribution in [0.25, 0.3) is 22.2 Å². The van der Waals surface area contributed by atoms with Gasteiger partial charge in [0.25, 0.3) is 0 Å². The van der Waals surface area contributed by atoms with Gasteiger partial charge in [-0.25, -0.2) is 0 Å². The first-order valence-corrected chi connectivity index (χ1v) is 11.4. The van der Waals surface area contributed by atoms with Crippen LogP contribution in [-0.4, -0.2) is 11.5 Å². The van der Waals surface area contributed by atoms with Crippen molar-refractivity contribution in [1.29, 1.82) is 0 Å². The van der Waals surface area contributed by atoms with E-state index in [1.165, 1.54) is 22.0 Å². The minimum Gasteiger partial charge on any atom is -0.457 e. The fraction of sp³-hybridized carbons (Fsp3) is 0.286. The fourth-order valence-corrected chi connectivity index (χ4v) is 4.12. The highest BCUT2D eigenvalue weighted by atomic mass is 16.5. The van der Waals surface area contributed by atoms with Gasteiger partial charge in [0.1, 0.15) is 11.5 Å². The first-order chi connectivity index (χ1) is 15.2. The molecule has 1 atom stereocenters. The minimum atomic E-state index is 0.549. The molecule has 3 heteroatoms. The van der Waals surface area contributed by atoms with E-state index in [0.29, 0.717) is 5.92 Å². The molecular weight excluding hydrogens is 380 g/mol. The third-order valence-corrected chi connectivity index (χ3v) is 6.12. The second-order valence-electron chi connectivity index (χ2n) is 8.25. The molecule has 4 aromatic rings. The number of unbranched alkanes of at least 4 members (excludes halogenated alkanes) is 1. The number of rotatable bonds is 9. The van der Waals surface area contributed by atoms with Crippen molar-refractivity contribution < 1.29 is 4.74 Å². The van der Waals surface area contributed by atoms with Crippen LogP contribution in [0.2, 0.25) is 0 Å². The number of nitrogens with one attached hydrogen (secondary N) is 1. The van der Waals surface area contributed by atoms with Gasteiger partial charge >= 0.3 is 0 Å². The van der Waals surface area contributed by atoms with E-state index in [1.807, 2.05) is 42.5 Å². The van der Waals surface area contributed by atoms with Gasteiger partial charge < -0.3 is 15.5 Å². The van der Waals surface area contributed by atoms with Crippen LogP contribution >= 0.6 is 0 Å². The van der Waals surface area contributed by atoms with Crippen LogP contribution in [0.5, 0.6) is 11.5 Å². The quantitative estimate of drug-likeness (QED) is 0.281. The molecule has 3 aromatic carbocycles. The molecule has 4 rings (SSSR count). The van der Waals surface area contributed by atoms with Gasteiger partial charge in [0.2, 0.25) is 0 Å². The second-order valence-corrected chi connectivity index (χ2v) is 8.25. The topological polar surface area (TPSA) is 51.0 Å². The maximum atomic E-state index is 6.28. The van der Waals surface area contributed by atoms with E-state index in [0.717, 1.165) is 55.0 Å². The number of aryl methyl sites for hydroxylation is 1. The summed E-state index contributed by atoms with van der Waals surface area (Å²) in [7, 11) is 0. The van der Waals surface area contributed by atoms with E-state index in [4.69, 9.17) is 10.5 Å². The summed E-state index contributed by atoms with van der Waals surface area (Å²) >= 11 is 0. The number of hydrogen-bond donors (Lipinski definition) is 2. The third-order valence-electron chi connectivity index (χ3n) is 6.12. The van der Waals surface area contributed by atoms with Crippen LogP contribution in [-0.2, 0) is 6.42 Å². The predicted molar refractivity (Wildman–Crippen MR) is 131 cm³/mol. The van der Waals surface area contributed by atoms with Crippen LogP contribution < -0.4 is 10.5 Å². The predicted octanol–water partition coefficient (Wildman–Crippen LogP) is 7.42. The molecule has 0 saturated heterocycles. The Morgan fingerprint density at radius 2 is 1.71 bits per heavy atom. The van der Waals surface area contributed by atoms with Crippen LogP contribution in [0, 0.1) is 0 Å². The highest BCUT2D eigenvalue weighted by molar-refractivity contribution is 5.92. The van der Waals surface area contributed by atoms with Gasteiger partial charge in [-0.3, -0.25) is 0 Å². The van der Waals surface area contributed by atoms with Crippen molar-refractivity contribution in [2.45, 2.75) is 45.4 Å². The van der Waals surface area contributed by atoms with Gasteiger partial charge in [-0.1, -0.05) is 50.2 Å². The smallest absolute Gasteiger partial charge is 0.136 e. The van der Waals surface area contributed by atoms with Gasteiger partial charge in [0.15, 0.2) is 0 Å².